The van der Waals surface area contributed by atoms with Crippen LogP contribution in [0.15, 0.2) is 23.0 Å². The lowest BCUT2D eigenvalue weighted by atomic mass is 9.34. The molecule has 54 heavy (non-hydrogen) atoms. The Hall–Kier alpha value is -2.30. The number of nitrogens with zero attached hydrogens (tertiary/aromatic N) is 5. The van der Waals surface area contributed by atoms with Gasteiger partial charge in [0.15, 0.2) is 11.7 Å². The van der Waals surface area contributed by atoms with Crippen molar-refractivity contribution in [3.05, 3.63) is 23.8 Å². The van der Waals surface area contributed by atoms with Crippen molar-refractivity contribution in [1.82, 2.24) is 19.7 Å². The summed E-state index contributed by atoms with van der Waals surface area (Å²) in [6.07, 6.45) is 9.75. The van der Waals surface area contributed by atoms with E-state index in [-0.39, 0.29) is 51.1 Å². The summed E-state index contributed by atoms with van der Waals surface area (Å²) in [7, 11) is 0. The number of rotatable bonds is 10. The largest absolute Gasteiger partial charge is 0.481 e. The molecule has 0 aromatic carbocycles. The number of amidine groups is 1. The third kappa shape index (κ3) is 5.55. The van der Waals surface area contributed by atoms with Gasteiger partial charge in [0.05, 0.1) is 44.4 Å². The van der Waals surface area contributed by atoms with Gasteiger partial charge in [-0.15, -0.1) is 0 Å². The molecule has 4 fully saturated rings. The van der Waals surface area contributed by atoms with Crippen molar-refractivity contribution in [3.63, 3.8) is 0 Å². The molecule has 2 aliphatic heterocycles. The van der Waals surface area contributed by atoms with E-state index in [1.54, 1.807) is 6.33 Å². The highest BCUT2D eigenvalue weighted by Crippen LogP contribution is 2.75. The highest BCUT2D eigenvalue weighted by Gasteiger charge is 2.72. The van der Waals surface area contributed by atoms with Crippen LogP contribution in [-0.4, -0.2) is 87.2 Å². The Labute approximate surface area is 325 Å². The summed E-state index contributed by atoms with van der Waals surface area (Å²) in [4.78, 5) is 25.9. The number of carboxylic acids is 1. The summed E-state index contributed by atoms with van der Waals surface area (Å²) in [6.45, 7) is 30.5. The van der Waals surface area contributed by atoms with Gasteiger partial charge in [-0.05, 0) is 105 Å². The lowest BCUT2D eigenvalue weighted by Crippen LogP contribution is -2.69. The molecular weight excluding hydrogens is 677 g/mol. The number of fused-ring (bicyclic) bond motifs is 3. The average molecular weight is 749 g/mol. The number of hydrogen-bond acceptors (Lipinski definition) is 8. The van der Waals surface area contributed by atoms with Crippen molar-refractivity contribution in [3.8, 4) is 0 Å². The zero-order chi connectivity index (χ0) is 39.4. The molecule has 302 valence electrons. The smallest absolute Gasteiger partial charge is 0.307 e. The standard InChI is InChI=1S/C44H72N6O4/c1-26(2)29(7)39(8)17-18-41(10)30-13-14-33-40(9)22-53-24-44(33,31(30)15-16-42(41,11)34(39)38(51)52)21-32(35(40)54-23-43(12,45)27(3)4)50-37(47-25-48-50)36-46-19-20-49(36)28(5)6/h15,25-30,32-35H,13-14,16-24,45H2,1-12H3,(H,51,52)/t29-,30+,32-,33+,34-,35+,39-,40-,41-,42+,43+,44+/m1/s1. The molecule has 0 spiro atoms. The monoisotopic (exact) mass is 749 g/mol. The van der Waals surface area contributed by atoms with Gasteiger partial charge in [0.25, 0.3) is 0 Å². The van der Waals surface area contributed by atoms with Gasteiger partial charge in [0.1, 0.15) is 6.33 Å². The van der Waals surface area contributed by atoms with Gasteiger partial charge in [-0.1, -0.05) is 74.0 Å². The van der Waals surface area contributed by atoms with Crippen molar-refractivity contribution in [2.45, 2.75) is 145 Å². The van der Waals surface area contributed by atoms with E-state index in [9.17, 15) is 9.90 Å². The van der Waals surface area contributed by atoms with E-state index in [4.69, 9.17) is 30.3 Å². The highest BCUT2D eigenvalue weighted by molar-refractivity contribution is 5.96. The third-order valence-electron chi connectivity index (χ3n) is 17.6. The second-order valence-electron chi connectivity index (χ2n) is 21.0. The number of carbonyl (C=O) groups is 1. The first kappa shape index (κ1) is 39.9. The van der Waals surface area contributed by atoms with Crippen molar-refractivity contribution < 1.29 is 19.4 Å². The molecule has 0 amide bonds. The van der Waals surface area contributed by atoms with Crippen LogP contribution in [0.2, 0.25) is 0 Å². The summed E-state index contributed by atoms with van der Waals surface area (Å²) in [6, 6.07) is 0.186. The molecule has 6 aliphatic rings. The van der Waals surface area contributed by atoms with E-state index in [1.807, 2.05) is 0 Å². The van der Waals surface area contributed by atoms with E-state index >= 15 is 0 Å². The van der Waals surface area contributed by atoms with E-state index in [2.05, 4.69) is 98.7 Å². The van der Waals surface area contributed by atoms with Crippen LogP contribution in [-0.2, 0) is 14.3 Å². The van der Waals surface area contributed by atoms with Gasteiger partial charge in [-0.25, -0.2) is 9.67 Å². The van der Waals surface area contributed by atoms with Gasteiger partial charge in [-0.3, -0.25) is 9.79 Å². The molecule has 1 aromatic heterocycles. The van der Waals surface area contributed by atoms with Crippen molar-refractivity contribution in [1.29, 1.82) is 0 Å². The molecule has 0 radical (unpaired) electrons. The molecule has 3 N–H and O–H groups in total. The summed E-state index contributed by atoms with van der Waals surface area (Å²) in [5, 5.41) is 16.2. The first-order chi connectivity index (χ1) is 25.2. The summed E-state index contributed by atoms with van der Waals surface area (Å²) >= 11 is 0. The van der Waals surface area contributed by atoms with Gasteiger partial charge in [0, 0.05) is 29.0 Å². The van der Waals surface area contributed by atoms with Crippen LogP contribution in [0.25, 0.3) is 0 Å². The van der Waals surface area contributed by atoms with Crippen molar-refractivity contribution in [2.75, 3.05) is 32.9 Å². The molecule has 4 aliphatic carbocycles. The molecule has 0 unspecified atom stereocenters. The molecule has 10 nitrogen and oxygen atoms in total. The first-order valence-corrected chi connectivity index (χ1v) is 21.3. The lowest BCUT2D eigenvalue weighted by Gasteiger charge is -2.71. The maximum Gasteiger partial charge on any atom is 0.307 e. The summed E-state index contributed by atoms with van der Waals surface area (Å²) in [5.41, 5.74) is 6.63. The molecule has 3 heterocycles. The fourth-order valence-electron chi connectivity index (χ4n) is 13.4. The van der Waals surface area contributed by atoms with Crippen LogP contribution in [0.4, 0.5) is 0 Å². The van der Waals surface area contributed by atoms with Crippen LogP contribution in [0.5, 0.6) is 0 Å². The quantitative estimate of drug-likeness (QED) is 0.234. The Balaban J connectivity index is 1.35. The Morgan fingerprint density at radius 3 is 2.44 bits per heavy atom. The number of carboxylic acid groups (broad SMARTS) is 1. The third-order valence-corrected chi connectivity index (χ3v) is 17.6. The normalized spacial score (nSPS) is 42.2. The Morgan fingerprint density at radius 1 is 1.07 bits per heavy atom. The fourth-order valence-corrected chi connectivity index (χ4v) is 13.4. The SMILES string of the molecule is CC(C)[C@@H](C)[C@@]1(C)CC[C@]2(C)[C@H]3CC[C@@H]4[C@@]5(COC[C@@]4(C)[C@@H](OC[C@](C)(N)C(C)C)[C@H](n4ncnc4C4=NCCN4C(C)C)C5)C3=CC[C@@]2(C)[C@@H]1C(=O)O. The maximum absolute atomic E-state index is 13.6. The van der Waals surface area contributed by atoms with Crippen LogP contribution < -0.4 is 5.73 Å². The number of aliphatic carboxylic acids is 1. The van der Waals surface area contributed by atoms with Gasteiger partial charge in [0.2, 0.25) is 0 Å². The Kier molecular flexibility index (Phi) is 9.90. The van der Waals surface area contributed by atoms with Gasteiger partial charge >= 0.3 is 5.97 Å². The van der Waals surface area contributed by atoms with Crippen molar-refractivity contribution >= 4 is 11.8 Å². The number of allylic oxidation sites excluding steroid dienone is 1. The molecule has 12 atom stereocenters. The Morgan fingerprint density at radius 2 is 1.80 bits per heavy atom. The zero-order valence-corrected chi connectivity index (χ0v) is 35.6. The number of aliphatic imine (C=N–C) groups is 1. The lowest BCUT2D eigenvalue weighted by molar-refractivity contribution is -0.252. The minimum Gasteiger partial charge on any atom is -0.481 e. The molecular formula is C44H72N6O4. The average Bonchev–Trinajstić information content (AvgIpc) is 3.78. The predicted molar refractivity (Wildman–Crippen MR) is 213 cm³/mol. The number of hydrogen-bond donors (Lipinski definition) is 2. The number of nitrogens with two attached hydrogens (primary N) is 1. The maximum atomic E-state index is 13.6. The Bertz CT molecular complexity index is 1670. The number of aromatic nitrogens is 3. The minimum absolute atomic E-state index is 0.109. The summed E-state index contributed by atoms with van der Waals surface area (Å²) < 4.78 is 16.2. The molecule has 3 saturated carbocycles. The summed E-state index contributed by atoms with van der Waals surface area (Å²) in [5.74, 6) is 2.31. The van der Waals surface area contributed by atoms with Crippen LogP contribution in [0.1, 0.15) is 133 Å². The molecule has 2 bridgehead atoms. The van der Waals surface area contributed by atoms with Crippen LogP contribution in [0.3, 0.4) is 0 Å². The molecule has 10 heteroatoms. The topological polar surface area (TPSA) is 128 Å². The zero-order valence-electron chi connectivity index (χ0n) is 35.6. The minimum atomic E-state index is -0.620. The van der Waals surface area contributed by atoms with Crippen LogP contribution in [0, 0.1) is 62.6 Å². The highest BCUT2D eigenvalue weighted by atomic mass is 16.5. The van der Waals surface area contributed by atoms with Crippen molar-refractivity contribution in [2.24, 2.45) is 73.3 Å². The molecule has 7 rings (SSSR count). The molecule has 1 aromatic rings. The second kappa shape index (κ2) is 13.4. The van der Waals surface area contributed by atoms with Gasteiger partial charge in [-0.2, -0.15) is 5.10 Å². The van der Waals surface area contributed by atoms with Gasteiger partial charge < -0.3 is 25.2 Å². The van der Waals surface area contributed by atoms with E-state index in [0.717, 1.165) is 63.3 Å². The molecule has 1 saturated heterocycles. The van der Waals surface area contributed by atoms with Crippen LogP contribution >= 0.6 is 0 Å². The van der Waals surface area contributed by atoms with E-state index in [0.29, 0.717) is 43.6 Å². The number of ether oxygens (including phenoxy) is 2. The first-order valence-electron chi connectivity index (χ1n) is 21.3. The predicted octanol–water partition coefficient (Wildman–Crippen LogP) is 7.64. The second-order valence-corrected chi connectivity index (χ2v) is 21.0. The van der Waals surface area contributed by atoms with E-state index in [1.165, 1.54) is 5.57 Å². The van der Waals surface area contributed by atoms with E-state index < -0.39 is 17.4 Å². The fraction of sp³-hybridized carbons (Fsp3) is 0.864.